The van der Waals surface area contributed by atoms with E-state index in [1.54, 1.807) is 0 Å². The van der Waals surface area contributed by atoms with Gasteiger partial charge in [0.1, 0.15) is 11.5 Å². The smallest absolute Gasteiger partial charge is 0.253 e. The summed E-state index contributed by atoms with van der Waals surface area (Å²) in [6.45, 7) is 12.7. The summed E-state index contributed by atoms with van der Waals surface area (Å²) in [5.74, 6) is 0.728. The van der Waals surface area contributed by atoms with Gasteiger partial charge in [-0.3, -0.25) is 4.79 Å². The van der Waals surface area contributed by atoms with Gasteiger partial charge in [0.15, 0.2) is 0 Å². The monoisotopic (exact) mass is 406 g/mol. The quantitative estimate of drug-likeness (QED) is 0.494. The van der Waals surface area contributed by atoms with Crippen LogP contribution in [0.5, 0.6) is 0 Å². The van der Waals surface area contributed by atoms with E-state index < -0.39 is 0 Å². The van der Waals surface area contributed by atoms with Crippen LogP contribution in [-0.2, 0) is 5.54 Å². The highest BCUT2D eigenvalue weighted by Gasteiger charge is 2.23. The van der Waals surface area contributed by atoms with Crippen LogP contribution in [0.3, 0.4) is 0 Å². The molecule has 0 saturated heterocycles. The lowest BCUT2D eigenvalue weighted by atomic mass is 10.1. The van der Waals surface area contributed by atoms with Crippen LogP contribution in [0.25, 0.3) is 11.0 Å². The number of aromatic nitrogens is 2. The Morgan fingerprint density at radius 2 is 1.83 bits per heavy atom. The molecule has 2 heterocycles. The van der Waals surface area contributed by atoms with Gasteiger partial charge in [-0.2, -0.15) is 0 Å². The number of unbranched alkanes of at least 4 members (excludes halogenated alkanes) is 1. The molecular weight excluding hydrogens is 372 g/mol. The minimum Gasteiger partial charge on any atom is -0.350 e. The first-order chi connectivity index (χ1) is 14.2. The van der Waals surface area contributed by atoms with Crippen LogP contribution in [0.1, 0.15) is 69.8 Å². The molecule has 1 aromatic carbocycles. The van der Waals surface area contributed by atoms with E-state index in [0.29, 0.717) is 5.56 Å². The number of anilines is 2. The molecule has 1 unspecified atom stereocenters. The predicted octanol–water partition coefficient (Wildman–Crippen LogP) is 6.15. The van der Waals surface area contributed by atoms with Crippen LogP contribution < -0.4 is 10.6 Å². The molecule has 30 heavy (non-hydrogen) atoms. The number of aryl methyl sites for hydroxylation is 1. The van der Waals surface area contributed by atoms with Gasteiger partial charge in [-0.25, -0.2) is 4.98 Å². The van der Waals surface area contributed by atoms with Crippen molar-refractivity contribution in [1.82, 2.24) is 14.9 Å². The molecule has 0 spiro atoms. The van der Waals surface area contributed by atoms with Crippen LogP contribution in [0, 0.1) is 6.92 Å². The molecule has 0 radical (unpaired) electrons. The van der Waals surface area contributed by atoms with Crippen LogP contribution in [-0.4, -0.2) is 21.5 Å². The molecule has 0 bridgehead atoms. The zero-order valence-electron chi connectivity index (χ0n) is 19.0. The van der Waals surface area contributed by atoms with Gasteiger partial charge in [0, 0.05) is 28.9 Å². The molecule has 0 aliphatic carbocycles. The number of hydrogen-bond acceptors (Lipinski definition) is 3. The third-order valence-electron chi connectivity index (χ3n) is 5.31. The molecule has 5 heteroatoms. The lowest BCUT2D eigenvalue weighted by Crippen LogP contribution is -2.32. The standard InChI is InChI=1S/C25H34N4O/c1-7-8-9-18(3)26-24(30)21-16-29(25(4,5)6)23-20(21)14-15-22(28-23)27-19-12-10-17(2)11-13-19/h10-16,18H,7-9H2,1-6H3,(H,26,30)(H,27,28). The number of pyridine rings is 1. The van der Waals surface area contributed by atoms with Crippen LogP contribution >= 0.6 is 0 Å². The van der Waals surface area contributed by atoms with Crippen molar-refractivity contribution in [1.29, 1.82) is 0 Å². The second-order valence-corrected chi connectivity index (χ2v) is 9.16. The fraction of sp³-hybridized carbons (Fsp3) is 0.440. The summed E-state index contributed by atoms with van der Waals surface area (Å²) in [6, 6.07) is 12.3. The molecule has 0 saturated carbocycles. The fourth-order valence-corrected chi connectivity index (χ4v) is 3.53. The van der Waals surface area contributed by atoms with Gasteiger partial charge in [-0.05, 0) is 65.3 Å². The van der Waals surface area contributed by atoms with Gasteiger partial charge in [-0.1, -0.05) is 37.5 Å². The Morgan fingerprint density at radius 1 is 1.13 bits per heavy atom. The van der Waals surface area contributed by atoms with Gasteiger partial charge in [0.05, 0.1) is 5.56 Å². The second-order valence-electron chi connectivity index (χ2n) is 9.16. The first-order valence-corrected chi connectivity index (χ1v) is 10.9. The number of carbonyl (C=O) groups is 1. The first-order valence-electron chi connectivity index (χ1n) is 10.9. The lowest BCUT2D eigenvalue weighted by molar-refractivity contribution is 0.0939. The summed E-state index contributed by atoms with van der Waals surface area (Å²) in [6.07, 6.45) is 5.17. The number of rotatable bonds is 7. The van der Waals surface area contributed by atoms with Gasteiger partial charge in [0.2, 0.25) is 0 Å². The minimum atomic E-state index is -0.194. The first kappa shape index (κ1) is 21.9. The number of nitrogens with one attached hydrogen (secondary N) is 2. The van der Waals surface area contributed by atoms with E-state index in [1.807, 2.05) is 30.5 Å². The minimum absolute atomic E-state index is 0.0346. The molecular formula is C25H34N4O. The van der Waals surface area contributed by atoms with Crippen molar-refractivity contribution in [2.45, 2.75) is 72.4 Å². The zero-order valence-corrected chi connectivity index (χ0v) is 19.0. The van der Waals surface area contributed by atoms with Crippen molar-refractivity contribution >= 4 is 28.4 Å². The van der Waals surface area contributed by atoms with Crippen molar-refractivity contribution in [2.75, 3.05) is 5.32 Å². The van der Waals surface area contributed by atoms with Crippen molar-refractivity contribution in [3.63, 3.8) is 0 Å². The van der Waals surface area contributed by atoms with E-state index in [2.05, 4.69) is 68.9 Å². The van der Waals surface area contributed by atoms with E-state index >= 15 is 0 Å². The number of carbonyl (C=O) groups excluding carboxylic acids is 1. The van der Waals surface area contributed by atoms with Gasteiger partial charge in [0.25, 0.3) is 5.91 Å². The Balaban J connectivity index is 1.95. The summed E-state index contributed by atoms with van der Waals surface area (Å²) in [5.41, 5.74) is 3.50. The Hall–Kier alpha value is -2.82. The number of fused-ring (bicyclic) bond motifs is 1. The highest BCUT2D eigenvalue weighted by molar-refractivity contribution is 6.06. The molecule has 3 rings (SSSR count). The molecule has 160 valence electrons. The van der Waals surface area contributed by atoms with Crippen LogP contribution in [0.15, 0.2) is 42.6 Å². The third kappa shape index (κ3) is 5.02. The molecule has 3 aromatic rings. The highest BCUT2D eigenvalue weighted by Crippen LogP contribution is 2.28. The normalized spacial score (nSPS) is 12.7. The van der Waals surface area contributed by atoms with Crippen LogP contribution in [0.2, 0.25) is 0 Å². The number of benzene rings is 1. The molecule has 1 amide bonds. The summed E-state index contributed by atoms with van der Waals surface area (Å²) in [7, 11) is 0. The molecule has 5 nitrogen and oxygen atoms in total. The molecule has 0 aliphatic rings. The molecule has 1 atom stereocenters. The lowest BCUT2D eigenvalue weighted by Gasteiger charge is -2.22. The number of hydrogen-bond donors (Lipinski definition) is 2. The maximum Gasteiger partial charge on any atom is 0.253 e. The van der Waals surface area contributed by atoms with E-state index in [4.69, 9.17) is 4.98 Å². The van der Waals surface area contributed by atoms with Crippen molar-refractivity contribution in [3.05, 3.63) is 53.7 Å². The molecule has 2 N–H and O–H groups in total. The van der Waals surface area contributed by atoms with Crippen LogP contribution in [0.4, 0.5) is 11.5 Å². The predicted molar refractivity (Wildman–Crippen MR) is 126 cm³/mol. The SMILES string of the molecule is CCCCC(C)NC(=O)c1cn(C(C)(C)C)c2nc(Nc3ccc(C)cc3)ccc12. The Morgan fingerprint density at radius 3 is 2.47 bits per heavy atom. The maximum atomic E-state index is 13.0. The van der Waals surface area contributed by atoms with E-state index in [0.717, 1.165) is 41.8 Å². The topological polar surface area (TPSA) is 59.0 Å². The molecule has 0 fully saturated rings. The Bertz CT molecular complexity index is 1010. The van der Waals surface area contributed by atoms with Gasteiger partial charge >= 0.3 is 0 Å². The van der Waals surface area contributed by atoms with Crippen molar-refractivity contribution < 1.29 is 4.79 Å². The average Bonchev–Trinajstić information content (AvgIpc) is 3.07. The average molecular weight is 407 g/mol. The largest absolute Gasteiger partial charge is 0.350 e. The second kappa shape index (κ2) is 8.90. The summed E-state index contributed by atoms with van der Waals surface area (Å²) < 4.78 is 2.09. The van der Waals surface area contributed by atoms with Gasteiger partial charge < -0.3 is 15.2 Å². The van der Waals surface area contributed by atoms with E-state index in [9.17, 15) is 4.79 Å². The Labute approximate surface area is 179 Å². The van der Waals surface area contributed by atoms with E-state index in [1.165, 1.54) is 5.56 Å². The van der Waals surface area contributed by atoms with Crippen molar-refractivity contribution in [2.24, 2.45) is 0 Å². The van der Waals surface area contributed by atoms with E-state index in [-0.39, 0.29) is 17.5 Å². The molecule has 2 aromatic heterocycles. The summed E-state index contributed by atoms with van der Waals surface area (Å²) >= 11 is 0. The fourth-order valence-electron chi connectivity index (χ4n) is 3.53. The number of amides is 1. The highest BCUT2D eigenvalue weighted by atomic mass is 16.1. The Kier molecular flexibility index (Phi) is 6.49. The van der Waals surface area contributed by atoms with Crippen molar-refractivity contribution in [3.8, 4) is 0 Å². The zero-order chi connectivity index (χ0) is 21.9. The van der Waals surface area contributed by atoms with Gasteiger partial charge in [-0.15, -0.1) is 0 Å². The molecule has 0 aliphatic heterocycles. The maximum absolute atomic E-state index is 13.0. The third-order valence-corrected chi connectivity index (χ3v) is 5.31. The summed E-state index contributed by atoms with van der Waals surface area (Å²) in [4.78, 5) is 17.9. The number of nitrogens with zero attached hydrogens (tertiary/aromatic N) is 2. The summed E-state index contributed by atoms with van der Waals surface area (Å²) in [5, 5.41) is 7.40.